The van der Waals surface area contributed by atoms with E-state index in [1.807, 2.05) is 45.6 Å². The van der Waals surface area contributed by atoms with E-state index in [1.54, 1.807) is 24.4 Å². The van der Waals surface area contributed by atoms with E-state index in [2.05, 4.69) is 10.3 Å². The van der Waals surface area contributed by atoms with Crippen LogP contribution in [0.2, 0.25) is 0 Å². The zero-order chi connectivity index (χ0) is 22.3. The van der Waals surface area contributed by atoms with Crippen molar-refractivity contribution in [1.82, 2.24) is 10.3 Å². The maximum absolute atomic E-state index is 11.8. The zero-order valence-electron chi connectivity index (χ0n) is 18.5. The lowest BCUT2D eigenvalue weighted by Gasteiger charge is -2.33. The number of carbonyl (C=O) groups is 1. The van der Waals surface area contributed by atoms with Crippen molar-refractivity contribution in [3.63, 3.8) is 0 Å². The molecule has 1 fully saturated rings. The fourth-order valence-electron chi connectivity index (χ4n) is 3.42. The van der Waals surface area contributed by atoms with Gasteiger partial charge in [-0.2, -0.15) is 0 Å². The van der Waals surface area contributed by atoms with Gasteiger partial charge in [0.15, 0.2) is 0 Å². The molecular weight excluding hydrogens is 384 g/mol. The largest absolute Gasteiger partial charge is 0.444 e. The molecule has 2 heterocycles. The summed E-state index contributed by atoms with van der Waals surface area (Å²) in [7, 11) is 0. The molecule has 0 unspecified atom stereocenters. The zero-order valence-corrected chi connectivity index (χ0v) is 18.5. The minimum absolute atomic E-state index is 0.103. The summed E-state index contributed by atoms with van der Waals surface area (Å²) in [5, 5.41) is 15.1. The highest BCUT2D eigenvalue weighted by Gasteiger charge is 2.26. The second-order valence-corrected chi connectivity index (χ2v) is 8.11. The van der Waals surface area contributed by atoms with E-state index in [0.717, 1.165) is 23.7 Å². The Morgan fingerprint density at radius 3 is 2.57 bits per heavy atom. The van der Waals surface area contributed by atoms with Crippen molar-refractivity contribution >= 4 is 28.4 Å². The first-order valence-electron chi connectivity index (χ1n) is 10.5. The van der Waals surface area contributed by atoms with E-state index in [0.29, 0.717) is 31.2 Å². The molecule has 2 aromatic rings. The fourth-order valence-corrected chi connectivity index (χ4v) is 3.42. The van der Waals surface area contributed by atoms with Crippen molar-refractivity contribution in [1.29, 1.82) is 0 Å². The molecule has 0 aliphatic carbocycles. The molecule has 8 nitrogen and oxygen atoms in total. The average Bonchev–Trinajstić information content (AvgIpc) is 2.72. The number of hydrogen-bond donors (Lipinski definition) is 1. The van der Waals surface area contributed by atoms with Gasteiger partial charge in [0.25, 0.3) is 5.69 Å². The van der Waals surface area contributed by atoms with Crippen molar-refractivity contribution in [3.05, 3.63) is 40.6 Å². The van der Waals surface area contributed by atoms with Crippen LogP contribution in [0.15, 0.2) is 30.5 Å². The molecule has 1 saturated heterocycles. The standard InChI is InChI=1S/C20H26N4O4.C2H6/c1-20(2,3)28-19(25)22-13-14-6-9-23(10-7-14)17-12-16-15(5-4-8-21-16)11-18(17)24(26)27;1-2/h4-5,8,11-12,14H,6-7,9-10,13H2,1-3H3,(H,22,25);1-2H3. The van der Waals surface area contributed by atoms with Crippen molar-refractivity contribution in [2.45, 2.75) is 53.1 Å². The van der Waals surface area contributed by atoms with Crippen molar-refractivity contribution < 1.29 is 14.5 Å². The Balaban J connectivity index is 0.00000155. The molecule has 0 radical (unpaired) electrons. The van der Waals surface area contributed by atoms with E-state index in [-0.39, 0.29) is 10.6 Å². The van der Waals surface area contributed by atoms with Crippen LogP contribution in [0.25, 0.3) is 10.9 Å². The number of piperidine rings is 1. The Hall–Kier alpha value is -2.90. The summed E-state index contributed by atoms with van der Waals surface area (Å²) in [5.74, 6) is 0.321. The number of nitro benzene ring substituents is 1. The number of nitrogens with zero attached hydrogens (tertiary/aromatic N) is 3. The van der Waals surface area contributed by atoms with Gasteiger partial charge in [-0.25, -0.2) is 4.79 Å². The van der Waals surface area contributed by atoms with Crippen LogP contribution in [-0.4, -0.2) is 41.2 Å². The molecule has 30 heavy (non-hydrogen) atoms. The van der Waals surface area contributed by atoms with Gasteiger partial charge in [0.2, 0.25) is 0 Å². The lowest BCUT2D eigenvalue weighted by Crippen LogP contribution is -2.40. The second-order valence-electron chi connectivity index (χ2n) is 8.11. The summed E-state index contributed by atoms with van der Waals surface area (Å²) in [4.78, 5) is 29.4. The van der Waals surface area contributed by atoms with Crippen molar-refractivity contribution in [3.8, 4) is 0 Å². The van der Waals surface area contributed by atoms with Crippen LogP contribution in [0, 0.1) is 16.0 Å². The Bertz CT molecular complexity index is 871. The minimum atomic E-state index is -0.517. The third-order valence-electron chi connectivity index (χ3n) is 4.79. The van der Waals surface area contributed by atoms with E-state index in [1.165, 1.54) is 0 Å². The lowest BCUT2D eigenvalue weighted by molar-refractivity contribution is -0.384. The summed E-state index contributed by atoms with van der Waals surface area (Å²) in [6.45, 7) is 11.4. The van der Waals surface area contributed by atoms with Crippen LogP contribution in [0.5, 0.6) is 0 Å². The lowest BCUT2D eigenvalue weighted by atomic mass is 9.96. The van der Waals surface area contributed by atoms with Crippen LogP contribution in [0.3, 0.4) is 0 Å². The average molecular weight is 417 g/mol. The number of benzene rings is 1. The molecule has 1 aliphatic rings. The SMILES string of the molecule is CC.CC(C)(C)OC(=O)NCC1CCN(c2cc3ncccc3cc2[N+](=O)[O-])CC1. The van der Waals surface area contributed by atoms with Gasteiger partial charge in [0.05, 0.1) is 10.4 Å². The number of fused-ring (bicyclic) bond motifs is 1. The van der Waals surface area contributed by atoms with Crippen molar-refractivity contribution in [2.75, 3.05) is 24.5 Å². The fraction of sp³-hybridized carbons (Fsp3) is 0.545. The predicted octanol–water partition coefficient (Wildman–Crippen LogP) is 4.91. The Kier molecular flexibility index (Phi) is 7.97. The first-order valence-corrected chi connectivity index (χ1v) is 10.5. The van der Waals surface area contributed by atoms with Gasteiger partial charge in [0.1, 0.15) is 11.3 Å². The number of aromatic nitrogens is 1. The Morgan fingerprint density at radius 2 is 1.97 bits per heavy atom. The number of anilines is 1. The van der Waals surface area contributed by atoms with Crippen LogP contribution in [0.1, 0.15) is 47.5 Å². The number of alkyl carbamates (subject to hydrolysis) is 1. The maximum atomic E-state index is 11.8. The number of rotatable bonds is 4. The predicted molar refractivity (Wildman–Crippen MR) is 119 cm³/mol. The highest BCUT2D eigenvalue weighted by Crippen LogP contribution is 2.34. The summed E-state index contributed by atoms with van der Waals surface area (Å²) in [6, 6.07) is 6.99. The molecule has 1 amide bonds. The van der Waals surface area contributed by atoms with Crippen LogP contribution in [-0.2, 0) is 4.74 Å². The molecule has 0 spiro atoms. The number of amides is 1. The smallest absolute Gasteiger partial charge is 0.407 e. The highest BCUT2D eigenvalue weighted by molar-refractivity contribution is 5.87. The summed E-state index contributed by atoms with van der Waals surface area (Å²) in [5.41, 5.74) is 0.939. The second kappa shape index (κ2) is 10.2. The molecular formula is C22H32N4O4. The topological polar surface area (TPSA) is 97.6 Å². The normalized spacial score (nSPS) is 14.6. The molecule has 1 N–H and O–H groups in total. The van der Waals surface area contributed by atoms with Crippen LogP contribution < -0.4 is 10.2 Å². The van der Waals surface area contributed by atoms with Crippen LogP contribution >= 0.6 is 0 Å². The van der Waals surface area contributed by atoms with E-state index in [9.17, 15) is 14.9 Å². The highest BCUT2D eigenvalue weighted by atomic mass is 16.6. The molecule has 0 saturated carbocycles. The number of ether oxygens (including phenoxy) is 1. The van der Waals surface area contributed by atoms with E-state index < -0.39 is 11.7 Å². The van der Waals surface area contributed by atoms with Gasteiger partial charge >= 0.3 is 6.09 Å². The van der Waals surface area contributed by atoms with Gasteiger partial charge in [-0.15, -0.1) is 0 Å². The third kappa shape index (κ3) is 6.30. The van der Waals surface area contributed by atoms with Gasteiger partial charge in [-0.1, -0.05) is 19.9 Å². The molecule has 1 aromatic heterocycles. The first kappa shape index (κ1) is 23.4. The molecule has 8 heteroatoms. The Morgan fingerprint density at radius 1 is 1.30 bits per heavy atom. The summed E-state index contributed by atoms with van der Waals surface area (Å²) < 4.78 is 5.26. The van der Waals surface area contributed by atoms with Gasteiger partial charge in [0, 0.05) is 37.3 Å². The molecule has 3 rings (SSSR count). The number of carbonyl (C=O) groups excluding carboxylic acids is 1. The van der Waals surface area contributed by atoms with E-state index >= 15 is 0 Å². The summed E-state index contributed by atoms with van der Waals surface area (Å²) >= 11 is 0. The monoisotopic (exact) mass is 416 g/mol. The minimum Gasteiger partial charge on any atom is -0.444 e. The number of hydrogen-bond acceptors (Lipinski definition) is 6. The Labute approximate surface area is 177 Å². The molecule has 164 valence electrons. The third-order valence-corrected chi connectivity index (χ3v) is 4.79. The first-order chi connectivity index (χ1) is 14.2. The quantitative estimate of drug-likeness (QED) is 0.562. The molecule has 1 aromatic carbocycles. The molecule has 0 atom stereocenters. The molecule has 1 aliphatic heterocycles. The number of nitro groups is 1. The maximum Gasteiger partial charge on any atom is 0.407 e. The van der Waals surface area contributed by atoms with E-state index in [4.69, 9.17) is 4.74 Å². The van der Waals surface area contributed by atoms with Gasteiger partial charge in [-0.3, -0.25) is 15.1 Å². The van der Waals surface area contributed by atoms with Crippen LogP contribution in [0.4, 0.5) is 16.2 Å². The van der Waals surface area contributed by atoms with Gasteiger partial charge < -0.3 is 15.0 Å². The molecule has 0 bridgehead atoms. The van der Waals surface area contributed by atoms with Gasteiger partial charge in [-0.05, 0) is 51.7 Å². The summed E-state index contributed by atoms with van der Waals surface area (Å²) in [6.07, 6.45) is 2.96. The number of pyridine rings is 1. The number of nitrogens with one attached hydrogen (secondary N) is 1. The van der Waals surface area contributed by atoms with Crippen molar-refractivity contribution in [2.24, 2.45) is 5.92 Å².